The molecule has 6 rings (SSSR count). The molecule has 0 spiro atoms. The van der Waals surface area contributed by atoms with Crippen LogP contribution < -0.4 is 5.32 Å². The maximum atomic E-state index is 13.8. The molecule has 0 radical (unpaired) electrons. The standard InChI is InChI=1S/C29H24FN7/c1-19-6-4-11-25(34-19)29-28(22-12-13-27-32-18-33-37(27)17-22)35-26(36-29)16-31-15-21-7-2-3-10-24(21)20-8-5-9-23(30)14-20/h2-14,17-18,31H,15-16H2,1H3,(H,35,36). The van der Waals surface area contributed by atoms with E-state index in [1.807, 2.05) is 67.7 Å². The van der Waals surface area contributed by atoms with Crippen LogP contribution in [0, 0.1) is 12.7 Å². The molecule has 8 heteroatoms. The third-order valence-electron chi connectivity index (χ3n) is 6.21. The normalized spacial score (nSPS) is 11.3. The second kappa shape index (κ2) is 9.75. The summed E-state index contributed by atoms with van der Waals surface area (Å²) in [6, 6.07) is 24.6. The van der Waals surface area contributed by atoms with Crippen LogP contribution in [-0.2, 0) is 13.1 Å². The minimum absolute atomic E-state index is 0.246. The largest absolute Gasteiger partial charge is 0.339 e. The molecule has 2 aromatic carbocycles. The Morgan fingerprint density at radius 3 is 2.68 bits per heavy atom. The minimum atomic E-state index is -0.246. The SMILES string of the molecule is Cc1cccc(-c2[nH]c(CNCc3ccccc3-c3cccc(F)c3)nc2-c2ccc3ncnn3c2)n1. The summed E-state index contributed by atoms with van der Waals surface area (Å²) in [6.45, 7) is 3.09. The molecule has 2 N–H and O–H groups in total. The second-order valence-corrected chi connectivity index (χ2v) is 8.82. The van der Waals surface area contributed by atoms with E-state index in [1.54, 1.807) is 16.6 Å². The number of hydrogen-bond acceptors (Lipinski definition) is 5. The summed E-state index contributed by atoms with van der Waals surface area (Å²) in [5.74, 6) is 0.542. The third-order valence-corrected chi connectivity index (χ3v) is 6.21. The number of fused-ring (bicyclic) bond motifs is 1. The highest BCUT2D eigenvalue weighted by Crippen LogP contribution is 2.30. The van der Waals surface area contributed by atoms with Crippen molar-refractivity contribution in [2.75, 3.05) is 0 Å². The van der Waals surface area contributed by atoms with Crippen molar-refractivity contribution in [3.8, 4) is 33.8 Å². The molecule has 0 unspecified atom stereocenters. The first kappa shape index (κ1) is 22.8. The first-order valence-corrected chi connectivity index (χ1v) is 12.0. The molecule has 4 aromatic heterocycles. The molecule has 37 heavy (non-hydrogen) atoms. The Morgan fingerprint density at radius 1 is 0.892 bits per heavy atom. The lowest BCUT2D eigenvalue weighted by Gasteiger charge is -2.10. The van der Waals surface area contributed by atoms with E-state index in [0.29, 0.717) is 13.1 Å². The number of benzene rings is 2. The van der Waals surface area contributed by atoms with E-state index in [0.717, 1.165) is 56.5 Å². The van der Waals surface area contributed by atoms with Crippen molar-refractivity contribution >= 4 is 5.65 Å². The van der Waals surface area contributed by atoms with Gasteiger partial charge in [-0.2, -0.15) is 5.10 Å². The summed E-state index contributed by atoms with van der Waals surface area (Å²) >= 11 is 0. The third kappa shape index (κ3) is 4.74. The van der Waals surface area contributed by atoms with Gasteiger partial charge in [-0.25, -0.2) is 18.9 Å². The molecule has 0 atom stereocenters. The van der Waals surface area contributed by atoms with E-state index < -0.39 is 0 Å². The molecule has 0 aliphatic rings. The fourth-order valence-corrected chi connectivity index (χ4v) is 4.47. The van der Waals surface area contributed by atoms with Gasteiger partial charge in [0.1, 0.15) is 18.0 Å². The van der Waals surface area contributed by atoms with Crippen LogP contribution in [0.4, 0.5) is 4.39 Å². The molecule has 0 bridgehead atoms. The Bertz CT molecular complexity index is 1700. The van der Waals surface area contributed by atoms with Gasteiger partial charge in [-0.05, 0) is 60.0 Å². The highest BCUT2D eigenvalue weighted by molar-refractivity contribution is 5.77. The number of aryl methyl sites for hydroxylation is 1. The van der Waals surface area contributed by atoms with Crippen molar-refractivity contribution in [3.63, 3.8) is 0 Å². The van der Waals surface area contributed by atoms with Crippen molar-refractivity contribution < 1.29 is 4.39 Å². The zero-order valence-corrected chi connectivity index (χ0v) is 20.2. The van der Waals surface area contributed by atoms with Crippen LogP contribution in [0.15, 0.2) is 91.4 Å². The van der Waals surface area contributed by atoms with Gasteiger partial charge >= 0.3 is 0 Å². The van der Waals surface area contributed by atoms with Crippen LogP contribution in [0.25, 0.3) is 39.4 Å². The van der Waals surface area contributed by atoms with Gasteiger partial charge in [0.05, 0.1) is 23.6 Å². The smallest absolute Gasteiger partial charge is 0.155 e. The van der Waals surface area contributed by atoms with E-state index in [9.17, 15) is 4.39 Å². The predicted octanol–water partition coefficient (Wildman–Crippen LogP) is 5.59. The number of nitrogens with zero attached hydrogens (tertiary/aromatic N) is 5. The van der Waals surface area contributed by atoms with Gasteiger partial charge in [0.15, 0.2) is 5.65 Å². The number of hydrogen-bond donors (Lipinski definition) is 2. The number of rotatable bonds is 7. The quantitative estimate of drug-likeness (QED) is 0.306. The molecule has 0 fully saturated rings. The summed E-state index contributed by atoms with van der Waals surface area (Å²) in [4.78, 5) is 17.4. The van der Waals surface area contributed by atoms with Gasteiger partial charge in [-0.1, -0.05) is 42.5 Å². The number of aromatic nitrogens is 6. The molecule has 0 saturated heterocycles. The summed E-state index contributed by atoms with van der Waals surface area (Å²) in [6.07, 6.45) is 3.45. The van der Waals surface area contributed by atoms with Crippen LogP contribution >= 0.6 is 0 Å². The van der Waals surface area contributed by atoms with Gasteiger partial charge in [-0.3, -0.25) is 4.98 Å². The van der Waals surface area contributed by atoms with Crippen molar-refractivity contribution in [1.29, 1.82) is 0 Å². The van der Waals surface area contributed by atoms with Crippen molar-refractivity contribution in [1.82, 2.24) is 34.9 Å². The highest BCUT2D eigenvalue weighted by atomic mass is 19.1. The number of nitrogens with one attached hydrogen (secondary N) is 2. The summed E-state index contributed by atoms with van der Waals surface area (Å²) in [5.41, 5.74) is 8.02. The lowest BCUT2D eigenvalue weighted by molar-refractivity contribution is 0.628. The Balaban J connectivity index is 1.29. The van der Waals surface area contributed by atoms with E-state index in [-0.39, 0.29) is 5.82 Å². The van der Waals surface area contributed by atoms with Gasteiger partial charge in [-0.15, -0.1) is 0 Å². The molecule has 182 valence electrons. The maximum Gasteiger partial charge on any atom is 0.155 e. The number of pyridine rings is 2. The fourth-order valence-electron chi connectivity index (χ4n) is 4.47. The number of H-pyrrole nitrogens is 1. The molecule has 0 aliphatic carbocycles. The predicted molar refractivity (Wildman–Crippen MR) is 141 cm³/mol. The Labute approximate surface area is 213 Å². The van der Waals surface area contributed by atoms with Gasteiger partial charge < -0.3 is 10.3 Å². The van der Waals surface area contributed by atoms with Crippen molar-refractivity contribution in [2.45, 2.75) is 20.0 Å². The van der Waals surface area contributed by atoms with Crippen molar-refractivity contribution in [2.24, 2.45) is 0 Å². The lowest BCUT2D eigenvalue weighted by Crippen LogP contribution is -2.14. The Kier molecular flexibility index (Phi) is 6.00. The topological polar surface area (TPSA) is 83.8 Å². The summed E-state index contributed by atoms with van der Waals surface area (Å²) in [5, 5.41) is 7.75. The van der Waals surface area contributed by atoms with Crippen LogP contribution in [-0.4, -0.2) is 29.5 Å². The van der Waals surface area contributed by atoms with Crippen LogP contribution in [0.3, 0.4) is 0 Å². The summed E-state index contributed by atoms with van der Waals surface area (Å²) < 4.78 is 15.6. The van der Waals surface area contributed by atoms with Gasteiger partial charge in [0, 0.05) is 24.0 Å². The first-order valence-electron chi connectivity index (χ1n) is 12.0. The van der Waals surface area contributed by atoms with Crippen LogP contribution in [0.5, 0.6) is 0 Å². The molecule has 0 aliphatic heterocycles. The molecule has 0 saturated carbocycles. The number of imidazole rings is 1. The Hall–Kier alpha value is -4.69. The monoisotopic (exact) mass is 489 g/mol. The number of aromatic amines is 1. The number of halogens is 1. The average Bonchev–Trinajstić information content (AvgIpc) is 3.56. The lowest BCUT2D eigenvalue weighted by atomic mass is 9.99. The van der Waals surface area contributed by atoms with E-state index >= 15 is 0 Å². The first-order chi connectivity index (χ1) is 18.1. The average molecular weight is 490 g/mol. The zero-order chi connectivity index (χ0) is 25.2. The molecule has 4 heterocycles. The Morgan fingerprint density at radius 2 is 1.78 bits per heavy atom. The van der Waals surface area contributed by atoms with Gasteiger partial charge in [0.25, 0.3) is 0 Å². The molecular weight excluding hydrogens is 465 g/mol. The van der Waals surface area contributed by atoms with Crippen molar-refractivity contribution in [3.05, 3.63) is 114 Å². The van der Waals surface area contributed by atoms with Crippen LogP contribution in [0.2, 0.25) is 0 Å². The molecule has 7 nitrogen and oxygen atoms in total. The summed E-state index contributed by atoms with van der Waals surface area (Å²) in [7, 11) is 0. The fraction of sp³-hybridized carbons (Fsp3) is 0.103. The molecular formula is C29H24FN7. The zero-order valence-electron chi connectivity index (χ0n) is 20.2. The second-order valence-electron chi connectivity index (χ2n) is 8.82. The minimum Gasteiger partial charge on any atom is -0.339 e. The molecule has 0 amide bonds. The maximum absolute atomic E-state index is 13.8. The highest BCUT2D eigenvalue weighted by Gasteiger charge is 2.16. The van der Waals surface area contributed by atoms with Crippen LogP contribution in [0.1, 0.15) is 17.1 Å². The van der Waals surface area contributed by atoms with Gasteiger partial charge in [0.2, 0.25) is 0 Å². The van der Waals surface area contributed by atoms with E-state index in [4.69, 9.17) is 9.97 Å². The van der Waals surface area contributed by atoms with E-state index in [1.165, 1.54) is 12.4 Å². The molecule has 6 aromatic rings. The van der Waals surface area contributed by atoms with E-state index in [2.05, 4.69) is 26.4 Å².